The zero-order chi connectivity index (χ0) is 15.2. The molecule has 0 unspecified atom stereocenters. The Morgan fingerprint density at radius 2 is 2.05 bits per heavy atom. The minimum atomic E-state index is 0.839. The topological polar surface area (TPSA) is 29.3 Å². The van der Waals surface area contributed by atoms with Crippen molar-refractivity contribution in [2.45, 2.75) is 31.7 Å². The maximum atomic E-state index is 6.15. The molecule has 0 saturated heterocycles. The van der Waals surface area contributed by atoms with Gasteiger partial charge in [0.2, 0.25) is 0 Å². The molecule has 0 radical (unpaired) electrons. The van der Waals surface area contributed by atoms with E-state index in [4.69, 9.17) is 16.1 Å². The van der Waals surface area contributed by atoms with Crippen LogP contribution in [0.25, 0.3) is 0 Å². The molecular formula is C16H21ClN2OS. The van der Waals surface area contributed by atoms with Crippen LogP contribution in [0.1, 0.15) is 23.4 Å². The first-order valence-electron chi connectivity index (χ1n) is 7.05. The highest BCUT2D eigenvalue weighted by molar-refractivity contribution is 7.99. The standard InChI is InChI=1S/C16H21ClN2OS/c1-12-14(13(2)20-18-12)11-19(3)9-6-10-21-16-8-5-4-7-15(16)17/h4-5,7-8H,6,9-11H2,1-3H3. The van der Waals surface area contributed by atoms with Gasteiger partial charge in [-0.3, -0.25) is 0 Å². The molecule has 1 aromatic carbocycles. The molecule has 0 spiro atoms. The quantitative estimate of drug-likeness (QED) is 0.551. The summed E-state index contributed by atoms with van der Waals surface area (Å²) >= 11 is 7.96. The molecule has 0 fully saturated rings. The fourth-order valence-electron chi connectivity index (χ4n) is 2.15. The number of hydrogen-bond acceptors (Lipinski definition) is 4. The van der Waals surface area contributed by atoms with E-state index in [1.165, 1.54) is 5.56 Å². The number of rotatable bonds is 7. The van der Waals surface area contributed by atoms with Gasteiger partial charge in [0.15, 0.2) is 0 Å². The molecule has 2 rings (SSSR count). The molecule has 3 nitrogen and oxygen atoms in total. The Hall–Kier alpha value is -0.970. The first-order chi connectivity index (χ1) is 10.1. The van der Waals surface area contributed by atoms with Gasteiger partial charge in [-0.1, -0.05) is 28.9 Å². The van der Waals surface area contributed by atoms with Crippen LogP contribution in [0.3, 0.4) is 0 Å². The van der Waals surface area contributed by atoms with E-state index in [0.717, 1.165) is 46.6 Å². The van der Waals surface area contributed by atoms with Gasteiger partial charge in [0.25, 0.3) is 0 Å². The normalized spacial score (nSPS) is 11.3. The van der Waals surface area contributed by atoms with E-state index in [9.17, 15) is 0 Å². The number of aromatic nitrogens is 1. The Kier molecular flexibility index (Phi) is 6.15. The van der Waals surface area contributed by atoms with E-state index < -0.39 is 0 Å². The molecule has 0 saturated carbocycles. The Bertz CT molecular complexity index is 566. The molecule has 0 aliphatic rings. The fraction of sp³-hybridized carbons (Fsp3) is 0.438. The molecule has 0 aliphatic carbocycles. The molecule has 2 aromatic rings. The molecule has 0 aliphatic heterocycles. The summed E-state index contributed by atoms with van der Waals surface area (Å²) in [4.78, 5) is 3.47. The number of halogens is 1. The zero-order valence-corrected chi connectivity index (χ0v) is 14.3. The van der Waals surface area contributed by atoms with Crippen LogP contribution < -0.4 is 0 Å². The summed E-state index contributed by atoms with van der Waals surface area (Å²) < 4.78 is 5.20. The fourth-order valence-corrected chi connectivity index (χ4v) is 3.33. The van der Waals surface area contributed by atoms with Crippen LogP contribution in [0.4, 0.5) is 0 Å². The van der Waals surface area contributed by atoms with Gasteiger partial charge in [-0.15, -0.1) is 11.8 Å². The van der Waals surface area contributed by atoms with Gasteiger partial charge in [0, 0.05) is 17.0 Å². The lowest BCUT2D eigenvalue weighted by molar-refractivity contribution is 0.324. The Morgan fingerprint density at radius 3 is 2.71 bits per heavy atom. The molecule has 0 atom stereocenters. The number of nitrogens with zero attached hydrogens (tertiary/aromatic N) is 2. The van der Waals surface area contributed by atoms with Crippen LogP contribution in [0.2, 0.25) is 5.02 Å². The smallest absolute Gasteiger partial charge is 0.138 e. The van der Waals surface area contributed by atoms with Gasteiger partial charge >= 0.3 is 0 Å². The molecule has 1 aromatic heterocycles. The highest BCUT2D eigenvalue weighted by Crippen LogP contribution is 2.27. The first-order valence-corrected chi connectivity index (χ1v) is 8.42. The van der Waals surface area contributed by atoms with Crippen LogP contribution in [0, 0.1) is 13.8 Å². The van der Waals surface area contributed by atoms with Gasteiger partial charge < -0.3 is 9.42 Å². The van der Waals surface area contributed by atoms with Gasteiger partial charge in [-0.25, -0.2) is 0 Å². The molecule has 1 heterocycles. The summed E-state index contributed by atoms with van der Waals surface area (Å²) in [6, 6.07) is 8.00. The van der Waals surface area contributed by atoms with Gasteiger partial charge in [0.1, 0.15) is 5.76 Å². The summed E-state index contributed by atoms with van der Waals surface area (Å²) in [5.41, 5.74) is 2.20. The highest BCUT2D eigenvalue weighted by atomic mass is 35.5. The molecule has 0 bridgehead atoms. The minimum absolute atomic E-state index is 0.839. The number of thioether (sulfide) groups is 1. The van der Waals surface area contributed by atoms with E-state index in [1.54, 1.807) is 0 Å². The maximum absolute atomic E-state index is 6.15. The van der Waals surface area contributed by atoms with Crippen molar-refractivity contribution in [3.63, 3.8) is 0 Å². The molecular weight excluding hydrogens is 304 g/mol. The van der Waals surface area contributed by atoms with Crippen LogP contribution in [0.5, 0.6) is 0 Å². The average molecular weight is 325 g/mol. The van der Waals surface area contributed by atoms with Crippen molar-refractivity contribution in [3.8, 4) is 0 Å². The summed E-state index contributed by atoms with van der Waals surface area (Å²) in [5, 5.41) is 4.83. The minimum Gasteiger partial charge on any atom is -0.361 e. The van der Waals surface area contributed by atoms with Crippen LogP contribution in [-0.4, -0.2) is 29.4 Å². The van der Waals surface area contributed by atoms with Crippen LogP contribution >= 0.6 is 23.4 Å². The van der Waals surface area contributed by atoms with E-state index in [0.29, 0.717) is 0 Å². The number of hydrogen-bond donors (Lipinski definition) is 0. The lowest BCUT2D eigenvalue weighted by atomic mass is 10.2. The van der Waals surface area contributed by atoms with Gasteiger partial charge in [-0.05, 0) is 51.7 Å². The van der Waals surface area contributed by atoms with Crippen molar-refractivity contribution in [3.05, 3.63) is 46.3 Å². The molecule has 114 valence electrons. The third kappa shape index (κ3) is 4.77. The van der Waals surface area contributed by atoms with E-state index in [1.807, 2.05) is 43.8 Å². The monoisotopic (exact) mass is 324 g/mol. The lowest BCUT2D eigenvalue weighted by Gasteiger charge is -2.16. The second-order valence-electron chi connectivity index (χ2n) is 5.17. The summed E-state index contributed by atoms with van der Waals surface area (Å²) in [6.07, 6.45) is 1.12. The molecule has 0 amide bonds. The third-order valence-electron chi connectivity index (χ3n) is 3.39. The number of aryl methyl sites for hydroxylation is 2. The van der Waals surface area contributed by atoms with Gasteiger partial charge in [0.05, 0.1) is 10.7 Å². The van der Waals surface area contributed by atoms with E-state index >= 15 is 0 Å². The highest BCUT2D eigenvalue weighted by Gasteiger charge is 2.11. The van der Waals surface area contributed by atoms with E-state index in [-0.39, 0.29) is 0 Å². The van der Waals surface area contributed by atoms with Crippen LogP contribution in [-0.2, 0) is 6.54 Å². The number of benzene rings is 1. The Morgan fingerprint density at radius 1 is 1.29 bits per heavy atom. The van der Waals surface area contributed by atoms with Crippen molar-refractivity contribution < 1.29 is 4.52 Å². The second kappa shape index (κ2) is 7.87. The Labute approximate surface area is 135 Å². The largest absolute Gasteiger partial charge is 0.361 e. The molecule has 21 heavy (non-hydrogen) atoms. The van der Waals surface area contributed by atoms with Crippen molar-refractivity contribution in [2.75, 3.05) is 19.3 Å². The van der Waals surface area contributed by atoms with Crippen molar-refractivity contribution in [1.82, 2.24) is 10.1 Å². The molecule has 0 N–H and O–H groups in total. The zero-order valence-electron chi connectivity index (χ0n) is 12.7. The summed E-state index contributed by atoms with van der Waals surface area (Å²) in [5.74, 6) is 1.99. The van der Waals surface area contributed by atoms with Crippen molar-refractivity contribution in [1.29, 1.82) is 0 Å². The lowest BCUT2D eigenvalue weighted by Crippen LogP contribution is -2.20. The predicted molar refractivity (Wildman–Crippen MR) is 89.1 cm³/mol. The summed E-state index contributed by atoms with van der Waals surface area (Å²) in [7, 11) is 2.13. The van der Waals surface area contributed by atoms with Crippen molar-refractivity contribution >= 4 is 23.4 Å². The maximum Gasteiger partial charge on any atom is 0.138 e. The Balaban J connectivity index is 1.73. The first kappa shape index (κ1) is 16.4. The molecule has 5 heteroatoms. The van der Waals surface area contributed by atoms with E-state index in [2.05, 4.69) is 23.2 Å². The third-order valence-corrected chi connectivity index (χ3v) is 4.99. The summed E-state index contributed by atoms with van der Waals surface area (Å²) in [6.45, 7) is 5.89. The van der Waals surface area contributed by atoms with Crippen LogP contribution in [0.15, 0.2) is 33.7 Å². The van der Waals surface area contributed by atoms with Gasteiger partial charge in [-0.2, -0.15) is 0 Å². The SMILES string of the molecule is Cc1noc(C)c1CN(C)CCCSc1ccccc1Cl. The predicted octanol–water partition coefficient (Wildman–Crippen LogP) is 4.56. The average Bonchev–Trinajstić information content (AvgIpc) is 2.77. The second-order valence-corrected chi connectivity index (χ2v) is 6.72. The van der Waals surface area contributed by atoms with Crippen molar-refractivity contribution in [2.24, 2.45) is 0 Å².